The average Bonchev–Trinajstić information content (AvgIpc) is 3.33. The predicted octanol–water partition coefficient (Wildman–Crippen LogP) is 3.70. The van der Waals surface area contributed by atoms with Gasteiger partial charge in [-0.25, -0.2) is 9.18 Å². The molecule has 1 heterocycles. The van der Waals surface area contributed by atoms with E-state index in [9.17, 15) is 9.18 Å². The molecular weight excluding hydrogens is 305 g/mol. The zero-order valence-electron chi connectivity index (χ0n) is 13.9. The summed E-state index contributed by atoms with van der Waals surface area (Å²) < 4.78 is 13.0. The minimum Gasteiger partial charge on any atom is -0.335 e. The maximum Gasteiger partial charge on any atom is 0.318 e. The van der Waals surface area contributed by atoms with Crippen LogP contribution in [0, 0.1) is 5.82 Å². The van der Waals surface area contributed by atoms with Gasteiger partial charge in [0.05, 0.1) is 0 Å². The lowest BCUT2D eigenvalue weighted by atomic mass is 10.1. The summed E-state index contributed by atoms with van der Waals surface area (Å²) in [6.45, 7) is 4.53. The summed E-state index contributed by atoms with van der Waals surface area (Å²) in [7, 11) is 0. The molecule has 2 amide bonds. The van der Waals surface area contributed by atoms with E-state index in [4.69, 9.17) is 0 Å². The lowest BCUT2D eigenvalue weighted by Crippen LogP contribution is -2.44. The maximum absolute atomic E-state index is 13.0. The molecule has 24 heavy (non-hydrogen) atoms. The molecule has 1 fully saturated rings. The minimum absolute atomic E-state index is 0.0662. The summed E-state index contributed by atoms with van der Waals surface area (Å²) in [5, 5.41) is 3.09. The van der Waals surface area contributed by atoms with E-state index in [1.807, 2.05) is 26.0 Å². The molecule has 1 aromatic heterocycles. The molecule has 2 atom stereocenters. The molecule has 0 bridgehead atoms. The Bertz CT molecular complexity index is 688. The van der Waals surface area contributed by atoms with E-state index >= 15 is 0 Å². The SMILES string of the molecule is CC(C)N(Cc1cccnc1)C(=O)N[C@@H]1C[C@@H]1c1ccc(F)cc1. The second-order valence-corrected chi connectivity index (χ2v) is 6.53. The Kier molecular flexibility index (Phi) is 4.79. The first kappa shape index (κ1) is 16.4. The van der Waals surface area contributed by atoms with E-state index in [2.05, 4.69) is 10.3 Å². The van der Waals surface area contributed by atoms with Crippen LogP contribution in [0.2, 0.25) is 0 Å². The first-order chi connectivity index (χ1) is 11.5. The number of halogens is 1. The molecule has 126 valence electrons. The Balaban J connectivity index is 1.59. The summed E-state index contributed by atoms with van der Waals surface area (Å²) in [5.41, 5.74) is 2.08. The number of urea groups is 1. The van der Waals surface area contributed by atoms with Crippen LogP contribution in [0.15, 0.2) is 48.8 Å². The van der Waals surface area contributed by atoms with Crippen molar-refractivity contribution in [1.29, 1.82) is 0 Å². The van der Waals surface area contributed by atoms with Crippen molar-refractivity contribution < 1.29 is 9.18 Å². The van der Waals surface area contributed by atoms with Gasteiger partial charge in [0, 0.05) is 36.9 Å². The van der Waals surface area contributed by atoms with Crippen molar-refractivity contribution in [2.75, 3.05) is 0 Å². The molecule has 0 spiro atoms. The van der Waals surface area contributed by atoms with Crippen LogP contribution in [0.1, 0.15) is 37.3 Å². The second kappa shape index (κ2) is 6.99. The largest absolute Gasteiger partial charge is 0.335 e. The molecule has 2 aromatic rings. The quantitative estimate of drug-likeness (QED) is 0.910. The highest BCUT2D eigenvalue weighted by atomic mass is 19.1. The molecular formula is C19H22FN3O. The molecule has 1 aliphatic rings. The number of rotatable bonds is 5. The van der Waals surface area contributed by atoms with Gasteiger partial charge in [-0.1, -0.05) is 18.2 Å². The number of nitrogens with one attached hydrogen (secondary N) is 1. The van der Waals surface area contributed by atoms with Crippen molar-refractivity contribution >= 4 is 6.03 Å². The molecule has 1 saturated carbocycles. The van der Waals surface area contributed by atoms with Gasteiger partial charge < -0.3 is 10.2 Å². The lowest BCUT2D eigenvalue weighted by Gasteiger charge is -2.27. The number of nitrogens with zero attached hydrogens (tertiary/aromatic N) is 2. The van der Waals surface area contributed by atoms with E-state index in [1.165, 1.54) is 12.1 Å². The number of pyridine rings is 1. The Morgan fingerprint density at radius 2 is 2.08 bits per heavy atom. The number of hydrogen-bond acceptors (Lipinski definition) is 2. The minimum atomic E-state index is -0.234. The van der Waals surface area contributed by atoms with Crippen LogP contribution < -0.4 is 5.32 Å². The van der Waals surface area contributed by atoms with Crippen LogP contribution in [0.4, 0.5) is 9.18 Å². The highest BCUT2D eigenvalue weighted by molar-refractivity contribution is 5.75. The third-order valence-electron chi connectivity index (χ3n) is 4.36. The molecule has 0 unspecified atom stereocenters. The summed E-state index contributed by atoms with van der Waals surface area (Å²) in [5.74, 6) is 0.0457. The van der Waals surface area contributed by atoms with Gasteiger partial charge in [0.1, 0.15) is 5.82 Å². The summed E-state index contributed by atoms with van der Waals surface area (Å²) in [6, 6.07) is 10.5. The number of benzene rings is 1. The zero-order chi connectivity index (χ0) is 17.1. The molecule has 1 aliphatic carbocycles. The van der Waals surface area contributed by atoms with E-state index in [0.717, 1.165) is 17.5 Å². The Morgan fingerprint density at radius 3 is 2.71 bits per heavy atom. The van der Waals surface area contributed by atoms with Crippen LogP contribution in [-0.4, -0.2) is 28.0 Å². The summed E-state index contributed by atoms with van der Waals surface area (Å²) >= 11 is 0. The predicted molar refractivity (Wildman–Crippen MR) is 91.0 cm³/mol. The maximum atomic E-state index is 13.0. The lowest BCUT2D eigenvalue weighted by molar-refractivity contribution is 0.179. The Hall–Kier alpha value is -2.43. The fourth-order valence-corrected chi connectivity index (χ4v) is 2.85. The van der Waals surface area contributed by atoms with Crippen LogP contribution in [0.3, 0.4) is 0 Å². The van der Waals surface area contributed by atoms with Gasteiger partial charge in [-0.2, -0.15) is 0 Å². The fourth-order valence-electron chi connectivity index (χ4n) is 2.85. The van der Waals surface area contributed by atoms with Gasteiger partial charge in [-0.05, 0) is 49.6 Å². The van der Waals surface area contributed by atoms with Gasteiger partial charge in [-0.3, -0.25) is 4.98 Å². The molecule has 1 aromatic carbocycles. The molecule has 3 rings (SSSR count). The number of carbonyl (C=O) groups is 1. The van der Waals surface area contributed by atoms with E-state index in [-0.39, 0.29) is 29.8 Å². The molecule has 0 radical (unpaired) electrons. The highest BCUT2D eigenvalue weighted by Crippen LogP contribution is 2.40. The van der Waals surface area contributed by atoms with Gasteiger partial charge in [0.2, 0.25) is 0 Å². The number of carbonyl (C=O) groups excluding carboxylic acids is 1. The second-order valence-electron chi connectivity index (χ2n) is 6.53. The van der Waals surface area contributed by atoms with Crippen molar-refractivity contribution in [3.8, 4) is 0 Å². The Morgan fingerprint density at radius 1 is 1.33 bits per heavy atom. The van der Waals surface area contributed by atoms with Crippen LogP contribution in [0.25, 0.3) is 0 Å². The highest BCUT2D eigenvalue weighted by Gasteiger charge is 2.40. The summed E-state index contributed by atoms with van der Waals surface area (Å²) in [4.78, 5) is 18.5. The van der Waals surface area contributed by atoms with E-state index < -0.39 is 0 Å². The van der Waals surface area contributed by atoms with Crippen LogP contribution in [-0.2, 0) is 6.54 Å². The van der Waals surface area contributed by atoms with Crippen LogP contribution in [0.5, 0.6) is 0 Å². The average molecular weight is 327 g/mol. The fraction of sp³-hybridized carbons (Fsp3) is 0.368. The zero-order valence-corrected chi connectivity index (χ0v) is 13.9. The third kappa shape index (κ3) is 3.91. The first-order valence-electron chi connectivity index (χ1n) is 8.26. The smallest absolute Gasteiger partial charge is 0.318 e. The Labute approximate surface area is 141 Å². The number of hydrogen-bond donors (Lipinski definition) is 1. The van der Waals surface area contributed by atoms with E-state index in [1.54, 1.807) is 29.4 Å². The molecule has 4 nitrogen and oxygen atoms in total. The summed E-state index contributed by atoms with van der Waals surface area (Å²) in [6.07, 6.45) is 4.40. The molecule has 1 N–H and O–H groups in total. The van der Waals surface area contributed by atoms with Crippen LogP contribution >= 0.6 is 0 Å². The van der Waals surface area contributed by atoms with Crippen molar-refractivity contribution in [2.45, 2.75) is 44.8 Å². The van der Waals surface area contributed by atoms with Crippen molar-refractivity contribution in [3.63, 3.8) is 0 Å². The van der Waals surface area contributed by atoms with E-state index in [0.29, 0.717) is 6.54 Å². The topological polar surface area (TPSA) is 45.2 Å². The molecule has 5 heteroatoms. The number of amides is 2. The monoisotopic (exact) mass is 327 g/mol. The van der Waals surface area contributed by atoms with Gasteiger partial charge >= 0.3 is 6.03 Å². The van der Waals surface area contributed by atoms with Gasteiger partial charge in [-0.15, -0.1) is 0 Å². The molecule has 0 saturated heterocycles. The normalized spacial score (nSPS) is 19.2. The first-order valence-corrected chi connectivity index (χ1v) is 8.26. The number of aromatic nitrogens is 1. The van der Waals surface area contributed by atoms with Crippen molar-refractivity contribution in [3.05, 3.63) is 65.7 Å². The molecule has 0 aliphatic heterocycles. The van der Waals surface area contributed by atoms with Gasteiger partial charge in [0.25, 0.3) is 0 Å². The standard InChI is InChI=1S/C19H22FN3O/c1-13(2)23(12-14-4-3-9-21-11-14)19(24)22-18-10-17(18)15-5-7-16(20)8-6-15/h3-9,11,13,17-18H,10,12H2,1-2H3,(H,22,24)/t17-,18-/m1/s1. The van der Waals surface area contributed by atoms with Crippen molar-refractivity contribution in [1.82, 2.24) is 15.2 Å². The van der Waals surface area contributed by atoms with Gasteiger partial charge in [0.15, 0.2) is 0 Å². The van der Waals surface area contributed by atoms with Crippen molar-refractivity contribution in [2.24, 2.45) is 0 Å². The third-order valence-corrected chi connectivity index (χ3v) is 4.36.